The lowest BCUT2D eigenvalue weighted by Crippen LogP contribution is -2.30. The zero-order valence-electron chi connectivity index (χ0n) is 12.8. The molecule has 0 aromatic heterocycles. The average molecular weight is 457 g/mol. The second kappa shape index (κ2) is 12.2. The van der Waals surface area contributed by atoms with Gasteiger partial charge in [-0.2, -0.15) is 5.26 Å². The molecule has 0 saturated carbocycles. The molecule has 0 atom stereocenters. The molecule has 0 unspecified atom stereocenters. The highest BCUT2D eigenvalue weighted by Gasteiger charge is 2.29. The van der Waals surface area contributed by atoms with Crippen LogP contribution in [0.15, 0.2) is 0 Å². The number of hydrogen-bond donors (Lipinski definition) is 1. The van der Waals surface area contributed by atoms with E-state index in [-0.39, 0.29) is 0 Å². The fourth-order valence-electron chi connectivity index (χ4n) is 1.72. The summed E-state index contributed by atoms with van der Waals surface area (Å²) in [6, 6.07) is 1.60. The molecule has 1 fully saturated rings. The van der Waals surface area contributed by atoms with Gasteiger partial charge in [-0.25, -0.2) is 0 Å². The first-order valence-electron chi connectivity index (χ1n) is 7.37. The fraction of sp³-hybridized carbons (Fsp3) is 0.786. The Kier molecular flexibility index (Phi) is 12.1. The van der Waals surface area contributed by atoms with E-state index < -0.39 is 9.14 Å². The highest BCUT2D eigenvalue weighted by Crippen LogP contribution is 2.23. The predicted octanol–water partition coefficient (Wildman–Crippen LogP) is 3.71. The molecule has 5 nitrogen and oxygen atoms in total. The number of primary amides is 1. The van der Waals surface area contributed by atoms with Crippen molar-refractivity contribution in [3.05, 3.63) is 0 Å². The first-order chi connectivity index (χ1) is 10.3. The zero-order chi connectivity index (χ0) is 17.0. The highest BCUT2D eigenvalue weighted by atomic mass is 79.9. The van der Waals surface area contributed by atoms with Crippen molar-refractivity contribution in [2.45, 2.75) is 55.1 Å². The number of nitrogens with zero attached hydrogens (tertiary/aromatic N) is 2. The van der Waals surface area contributed by atoms with Gasteiger partial charge in [-0.05, 0) is 50.2 Å². The van der Waals surface area contributed by atoms with Crippen LogP contribution in [0, 0.1) is 11.3 Å². The Morgan fingerprint density at radius 1 is 1.36 bits per heavy atom. The van der Waals surface area contributed by atoms with Crippen molar-refractivity contribution in [3.63, 3.8) is 0 Å². The van der Waals surface area contributed by atoms with E-state index in [4.69, 9.17) is 11.0 Å². The van der Waals surface area contributed by atoms with Crippen LogP contribution in [0.1, 0.15) is 51.9 Å². The number of nitriles is 1. The summed E-state index contributed by atoms with van der Waals surface area (Å²) in [7, 11) is 0. The molecule has 1 aliphatic heterocycles. The molecule has 126 valence electrons. The topological polar surface area (TPSA) is 87.2 Å². The Labute approximate surface area is 153 Å². The van der Waals surface area contributed by atoms with Crippen molar-refractivity contribution in [1.82, 2.24) is 4.31 Å². The smallest absolute Gasteiger partial charge is 0.259 e. The summed E-state index contributed by atoms with van der Waals surface area (Å²) >= 11 is 7.16. The van der Waals surface area contributed by atoms with Gasteiger partial charge in [0.05, 0.1) is 0 Å². The second-order valence-corrected chi connectivity index (χ2v) is 9.45. The maximum absolute atomic E-state index is 11.2. The Balaban J connectivity index is 0.000000472. The minimum absolute atomic E-state index is 0.337. The summed E-state index contributed by atoms with van der Waals surface area (Å²) in [5.41, 5.74) is 4.73. The molecule has 22 heavy (non-hydrogen) atoms. The normalized spacial score (nSPS) is 14.3. The van der Waals surface area contributed by atoms with Crippen molar-refractivity contribution in [1.29, 1.82) is 5.26 Å². The molecule has 0 bridgehead atoms. The largest absolute Gasteiger partial charge is 0.367 e. The summed E-state index contributed by atoms with van der Waals surface area (Å²) < 4.78 is 0.555. The van der Waals surface area contributed by atoms with Crippen LogP contribution < -0.4 is 5.73 Å². The summed E-state index contributed by atoms with van der Waals surface area (Å²) in [6.45, 7) is 3.20. The average Bonchev–Trinajstić information content (AvgIpc) is 2.88. The molecule has 1 rings (SSSR count). The number of halogens is 2. The van der Waals surface area contributed by atoms with Crippen LogP contribution in [0.4, 0.5) is 0 Å². The number of hydrogen-bond acceptors (Lipinski definition) is 4. The zero-order valence-corrected chi connectivity index (χ0v) is 16.8. The fourth-order valence-corrected chi connectivity index (χ4v) is 2.70. The minimum atomic E-state index is -1.39. The van der Waals surface area contributed by atoms with Crippen LogP contribution in [-0.4, -0.2) is 31.7 Å². The van der Waals surface area contributed by atoms with Gasteiger partial charge in [0.25, 0.3) is 5.91 Å². The number of carbonyl (C=O) groups excluding carboxylic acids is 2. The van der Waals surface area contributed by atoms with E-state index in [2.05, 4.69) is 38.8 Å². The van der Waals surface area contributed by atoms with E-state index in [1.807, 2.05) is 4.31 Å². The summed E-state index contributed by atoms with van der Waals surface area (Å²) in [5, 5.41) is 8.12. The van der Waals surface area contributed by atoms with Crippen LogP contribution in [0.25, 0.3) is 0 Å². The molecule has 0 spiro atoms. The van der Waals surface area contributed by atoms with Gasteiger partial charge in [-0.15, -0.1) is 0 Å². The van der Waals surface area contributed by atoms with Crippen LogP contribution in [-0.2, 0) is 9.59 Å². The summed E-state index contributed by atoms with van der Waals surface area (Å²) in [5.74, 6) is 0.581. The van der Waals surface area contributed by atoms with Crippen LogP contribution in [0.3, 0.4) is 0 Å². The van der Waals surface area contributed by atoms with Gasteiger partial charge in [-0.3, -0.25) is 13.9 Å². The quantitative estimate of drug-likeness (QED) is 0.342. The number of nitrogens with two attached hydrogens (primary N) is 1. The van der Waals surface area contributed by atoms with E-state index in [0.717, 1.165) is 18.7 Å². The van der Waals surface area contributed by atoms with Gasteiger partial charge in [0.15, 0.2) is 0 Å². The van der Waals surface area contributed by atoms with E-state index in [1.165, 1.54) is 38.5 Å². The molecule has 0 aromatic carbocycles. The molecular weight excluding hydrogens is 434 g/mol. The number of unbranched alkanes of at least 4 members (excludes halogenated alkanes) is 5. The third-order valence-corrected chi connectivity index (χ3v) is 5.23. The summed E-state index contributed by atoms with van der Waals surface area (Å²) in [4.78, 5) is 21.4. The van der Waals surface area contributed by atoms with E-state index in [0.29, 0.717) is 5.91 Å². The lowest BCUT2D eigenvalue weighted by atomic mass is 10.1. The van der Waals surface area contributed by atoms with Gasteiger partial charge in [0.2, 0.25) is 9.14 Å². The number of alkyl halides is 2. The summed E-state index contributed by atoms with van der Waals surface area (Å²) in [6.07, 6.45) is 8.57. The standard InChI is InChI=1S/C11H21NOS.C3H2Br2N2O/c1-2-3-4-5-6-7-9-12-11(13)8-10-14-12;4-3(5,1-6)2(7)8/h2-10H2,1H3;(H2,7,8). The third kappa shape index (κ3) is 9.70. The first kappa shape index (κ1) is 21.7. The van der Waals surface area contributed by atoms with E-state index >= 15 is 0 Å². The van der Waals surface area contributed by atoms with Gasteiger partial charge in [-0.1, -0.05) is 39.0 Å². The number of carbonyl (C=O) groups is 2. The molecule has 0 radical (unpaired) electrons. The van der Waals surface area contributed by atoms with Crippen molar-refractivity contribution in [2.24, 2.45) is 5.73 Å². The Bertz CT molecular complexity index is 400. The Hall–Kier alpha value is -0.260. The van der Waals surface area contributed by atoms with E-state index in [1.54, 1.807) is 18.0 Å². The molecule has 1 aliphatic rings. The molecule has 0 aliphatic carbocycles. The lowest BCUT2D eigenvalue weighted by molar-refractivity contribution is -0.124. The van der Waals surface area contributed by atoms with Gasteiger partial charge < -0.3 is 5.73 Å². The van der Waals surface area contributed by atoms with Crippen LogP contribution in [0.5, 0.6) is 0 Å². The molecular formula is C14H23Br2N3O2S. The first-order valence-corrected chi connectivity index (χ1v) is 9.90. The second-order valence-electron chi connectivity index (χ2n) is 4.90. The SMILES string of the molecule is CCCCCCCCN1SCCC1=O.N#CC(Br)(Br)C(N)=O. The maximum atomic E-state index is 11.2. The van der Waals surface area contributed by atoms with E-state index in [9.17, 15) is 9.59 Å². The molecule has 8 heteroatoms. The minimum Gasteiger partial charge on any atom is -0.367 e. The molecule has 2 N–H and O–H groups in total. The maximum Gasteiger partial charge on any atom is 0.259 e. The van der Waals surface area contributed by atoms with Gasteiger partial charge in [0.1, 0.15) is 6.07 Å². The van der Waals surface area contributed by atoms with Gasteiger partial charge in [0, 0.05) is 18.7 Å². The number of rotatable bonds is 8. The number of amides is 2. The monoisotopic (exact) mass is 455 g/mol. The van der Waals surface area contributed by atoms with Crippen molar-refractivity contribution in [2.75, 3.05) is 12.3 Å². The van der Waals surface area contributed by atoms with Crippen molar-refractivity contribution < 1.29 is 9.59 Å². The molecule has 1 heterocycles. The third-order valence-electron chi connectivity index (χ3n) is 3.01. The molecule has 0 aromatic rings. The highest BCUT2D eigenvalue weighted by molar-refractivity contribution is 9.26. The van der Waals surface area contributed by atoms with Gasteiger partial charge >= 0.3 is 0 Å². The molecule has 2 amide bonds. The Morgan fingerprint density at radius 3 is 2.36 bits per heavy atom. The van der Waals surface area contributed by atoms with Crippen LogP contribution >= 0.6 is 43.8 Å². The lowest BCUT2D eigenvalue weighted by Gasteiger charge is -2.12. The van der Waals surface area contributed by atoms with Crippen LogP contribution in [0.2, 0.25) is 0 Å². The van der Waals surface area contributed by atoms with Crippen molar-refractivity contribution in [3.8, 4) is 6.07 Å². The van der Waals surface area contributed by atoms with Crippen molar-refractivity contribution >= 4 is 55.6 Å². The molecule has 1 saturated heterocycles. The predicted molar refractivity (Wildman–Crippen MR) is 97.6 cm³/mol. The Morgan fingerprint density at radius 2 is 1.95 bits per heavy atom.